The molecule has 6 nitrogen and oxygen atoms in total. The van der Waals surface area contributed by atoms with E-state index in [9.17, 15) is 8.42 Å². The van der Waals surface area contributed by atoms with Gasteiger partial charge in [-0.15, -0.1) is 0 Å². The van der Waals surface area contributed by atoms with Gasteiger partial charge in [0.15, 0.2) is 0 Å². The minimum Gasteiger partial charge on any atom is -0.452 e. The third-order valence-electron chi connectivity index (χ3n) is 3.88. The van der Waals surface area contributed by atoms with Crippen molar-refractivity contribution in [2.75, 3.05) is 39.3 Å². The third kappa shape index (κ3) is 2.55. The molecule has 1 N–H and O–H groups in total. The SMILES string of the molecule is O=S(=O)(c1ccco1)N1CCC(N2CCNCC2)C1. The number of nitrogens with zero attached hydrogens (tertiary/aromatic N) is 2. The predicted octanol–water partition coefficient (Wildman–Crippen LogP) is -0.0522. The number of nitrogens with one attached hydrogen (secondary N) is 1. The summed E-state index contributed by atoms with van der Waals surface area (Å²) in [6, 6.07) is 3.45. The maximum atomic E-state index is 12.3. The zero-order valence-corrected chi connectivity index (χ0v) is 11.6. The van der Waals surface area contributed by atoms with E-state index in [0.717, 1.165) is 32.6 Å². The molecule has 2 aliphatic heterocycles. The predicted molar refractivity (Wildman–Crippen MR) is 70.3 cm³/mol. The first-order valence-electron chi connectivity index (χ1n) is 6.66. The molecular weight excluding hydrogens is 266 g/mol. The van der Waals surface area contributed by atoms with Gasteiger partial charge in [-0.3, -0.25) is 4.90 Å². The Bertz CT molecular complexity index is 508. The highest BCUT2D eigenvalue weighted by atomic mass is 32.2. The fourth-order valence-electron chi connectivity index (χ4n) is 2.81. The van der Waals surface area contributed by atoms with E-state index in [1.807, 2.05) is 0 Å². The molecule has 2 aliphatic rings. The van der Waals surface area contributed by atoms with Crippen molar-refractivity contribution in [1.82, 2.24) is 14.5 Å². The lowest BCUT2D eigenvalue weighted by atomic mass is 10.2. The van der Waals surface area contributed by atoms with Gasteiger partial charge in [0.05, 0.1) is 6.26 Å². The van der Waals surface area contributed by atoms with Gasteiger partial charge in [0, 0.05) is 45.3 Å². The van der Waals surface area contributed by atoms with Crippen LogP contribution in [0.5, 0.6) is 0 Å². The Morgan fingerprint density at radius 3 is 2.74 bits per heavy atom. The summed E-state index contributed by atoms with van der Waals surface area (Å²) in [5.41, 5.74) is 0. The van der Waals surface area contributed by atoms with Crippen molar-refractivity contribution in [1.29, 1.82) is 0 Å². The molecule has 0 aliphatic carbocycles. The molecule has 0 saturated carbocycles. The Labute approximate surface area is 113 Å². The summed E-state index contributed by atoms with van der Waals surface area (Å²) in [7, 11) is -3.44. The van der Waals surface area contributed by atoms with Crippen molar-refractivity contribution < 1.29 is 12.8 Å². The highest BCUT2D eigenvalue weighted by Crippen LogP contribution is 2.23. The van der Waals surface area contributed by atoms with E-state index in [1.165, 1.54) is 12.3 Å². The van der Waals surface area contributed by atoms with Gasteiger partial charge in [0.25, 0.3) is 10.0 Å². The van der Waals surface area contributed by atoms with Crippen molar-refractivity contribution in [3.63, 3.8) is 0 Å². The number of piperazine rings is 1. The lowest BCUT2D eigenvalue weighted by Gasteiger charge is -2.32. The van der Waals surface area contributed by atoms with E-state index in [4.69, 9.17) is 4.42 Å². The molecule has 1 atom stereocenters. The van der Waals surface area contributed by atoms with Crippen LogP contribution < -0.4 is 5.32 Å². The second kappa shape index (κ2) is 5.24. The topological polar surface area (TPSA) is 65.8 Å². The monoisotopic (exact) mass is 285 g/mol. The van der Waals surface area contributed by atoms with Gasteiger partial charge in [-0.25, -0.2) is 8.42 Å². The van der Waals surface area contributed by atoms with Crippen LogP contribution in [0.3, 0.4) is 0 Å². The molecule has 0 amide bonds. The summed E-state index contributed by atoms with van der Waals surface area (Å²) in [6.45, 7) is 5.13. The quantitative estimate of drug-likeness (QED) is 0.843. The molecule has 2 saturated heterocycles. The molecule has 1 aromatic heterocycles. The molecule has 0 aromatic carbocycles. The van der Waals surface area contributed by atoms with E-state index < -0.39 is 10.0 Å². The average molecular weight is 285 g/mol. The lowest BCUT2D eigenvalue weighted by Crippen LogP contribution is -2.49. The Morgan fingerprint density at radius 1 is 1.26 bits per heavy atom. The van der Waals surface area contributed by atoms with Gasteiger partial charge < -0.3 is 9.73 Å². The summed E-state index contributed by atoms with van der Waals surface area (Å²) in [6.07, 6.45) is 2.30. The molecule has 0 spiro atoms. The molecule has 2 fully saturated rings. The van der Waals surface area contributed by atoms with Crippen LogP contribution in [0.25, 0.3) is 0 Å². The van der Waals surface area contributed by atoms with Crippen LogP contribution in [-0.2, 0) is 10.0 Å². The van der Waals surface area contributed by atoms with E-state index in [1.54, 1.807) is 10.4 Å². The minimum atomic E-state index is -3.44. The molecule has 7 heteroatoms. The van der Waals surface area contributed by atoms with Crippen molar-refractivity contribution in [3.05, 3.63) is 18.4 Å². The van der Waals surface area contributed by atoms with Crippen LogP contribution in [-0.4, -0.2) is 62.9 Å². The number of rotatable bonds is 3. The maximum Gasteiger partial charge on any atom is 0.276 e. The van der Waals surface area contributed by atoms with Crippen molar-refractivity contribution in [2.45, 2.75) is 17.6 Å². The van der Waals surface area contributed by atoms with Crippen LogP contribution in [0.2, 0.25) is 0 Å². The fraction of sp³-hybridized carbons (Fsp3) is 0.667. The number of hydrogen-bond acceptors (Lipinski definition) is 5. The highest BCUT2D eigenvalue weighted by molar-refractivity contribution is 7.89. The van der Waals surface area contributed by atoms with Crippen molar-refractivity contribution in [3.8, 4) is 0 Å². The first-order valence-corrected chi connectivity index (χ1v) is 8.10. The zero-order chi connectivity index (χ0) is 13.3. The molecule has 1 unspecified atom stereocenters. The Morgan fingerprint density at radius 2 is 2.05 bits per heavy atom. The molecular formula is C12H19N3O3S. The molecule has 1 aromatic rings. The van der Waals surface area contributed by atoms with Crippen LogP contribution in [0, 0.1) is 0 Å². The first kappa shape index (κ1) is 13.1. The van der Waals surface area contributed by atoms with Crippen LogP contribution in [0.1, 0.15) is 6.42 Å². The molecule has 106 valence electrons. The minimum absolute atomic E-state index is 0.0495. The normalized spacial score (nSPS) is 26.8. The standard InChI is InChI=1S/C12H19N3O3S/c16-19(17,12-2-1-9-18-12)15-6-3-11(10-15)14-7-4-13-5-8-14/h1-2,9,11,13H,3-8,10H2. The Balaban J connectivity index is 1.68. The highest BCUT2D eigenvalue weighted by Gasteiger charge is 2.36. The number of sulfonamides is 1. The summed E-state index contributed by atoms with van der Waals surface area (Å²) in [5, 5.41) is 3.36. The molecule has 0 bridgehead atoms. The summed E-state index contributed by atoms with van der Waals surface area (Å²) >= 11 is 0. The Kier molecular flexibility index (Phi) is 3.62. The van der Waals surface area contributed by atoms with Gasteiger partial charge >= 0.3 is 0 Å². The van der Waals surface area contributed by atoms with Gasteiger partial charge in [0.1, 0.15) is 0 Å². The van der Waals surface area contributed by atoms with E-state index in [0.29, 0.717) is 19.1 Å². The second-order valence-corrected chi connectivity index (χ2v) is 6.89. The summed E-state index contributed by atoms with van der Waals surface area (Å²) in [5.74, 6) is 0. The molecule has 0 radical (unpaired) electrons. The second-order valence-electron chi connectivity index (χ2n) is 5.02. The van der Waals surface area contributed by atoms with Gasteiger partial charge in [-0.2, -0.15) is 4.31 Å². The summed E-state index contributed by atoms with van der Waals surface area (Å²) < 4.78 is 31.2. The largest absolute Gasteiger partial charge is 0.452 e. The van der Waals surface area contributed by atoms with Crippen LogP contribution in [0.15, 0.2) is 27.9 Å². The maximum absolute atomic E-state index is 12.3. The van der Waals surface area contributed by atoms with E-state index in [-0.39, 0.29) is 5.09 Å². The average Bonchev–Trinajstić information content (AvgIpc) is 3.12. The molecule has 3 heterocycles. The molecule has 19 heavy (non-hydrogen) atoms. The smallest absolute Gasteiger partial charge is 0.276 e. The number of furan rings is 1. The van der Waals surface area contributed by atoms with E-state index >= 15 is 0 Å². The zero-order valence-electron chi connectivity index (χ0n) is 10.8. The van der Waals surface area contributed by atoms with Crippen LogP contribution in [0.4, 0.5) is 0 Å². The van der Waals surface area contributed by atoms with Gasteiger partial charge in [-0.1, -0.05) is 0 Å². The third-order valence-corrected chi connectivity index (χ3v) is 5.64. The lowest BCUT2D eigenvalue weighted by molar-refractivity contribution is 0.179. The summed E-state index contributed by atoms with van der Waals surface area (Å²) in [4.78, 5) is 2.38. The Hall–Kier alpha value is -0.890. The van der Waals surface area contributed by atoms with Gasteiger partial charge in [-0.05, 0) is 18.6 Å². The fourth-order valence-corrected chi connectivity index (χ4v) is 4.21. The molecule has 3 rings (SSSR count). The first-order chi connectivity index (χ1) is 9.18. The van der Waals surface area contributed by atoms with Crippen LogP contribution >= 0.6 is 0 Å². The van der Waals surface area contributed by atoms with Crippen molar-refractivity contribution in [2.24, 2.45) is 0 Å². The van der Waals surface area contributed by atoms with Crippen molar-refractivity contribution >= 4 is 10.0 Å². The van der Waals surface area contributed by atoms with E-state index in [2.05, 4.69) is 10.2 Å². The number of hydrogen-bond donors (Lipinski definition) is 1. The van der Waals surface area contributed by atoms with Gasteiger partial charge in [0.2, 0.25) is 5.09 Å².